The van der Waals surface area contributed by atoms with Crippen LogP contribution in [0.1, 0.15) is 65.9 Å². The van der Waals surface area contributed by atoms with Gasteiger partial charge in [0.15, 0.2) is 5.78 Å². The number of carbonyl (C=O) groups excluding carboxylic acids is 2. The van der Waals surface area contributed by atoms with Crippen LogP contribution in [-0.2, 0) is 20.8 Å². The van der Waals surface area contributed by atoms with Crippen LogP contribution in [0, 0.1) is 29.6 Å². The molecule has 5 heteroatoms. The number of aliphatic carboxylic acids is 1. The van der Waals surface area contributed by atoms with Crippen LogP contribution in [0.3, 0.4) is 0 Å². The third-order valence-corrected chi connectivity index (χ3v) is 6.58. The molecule has 1 aliphatic rings. The van der Waals surface area contributed by atoms with Crippen molar-refractivity contribution in [2.75, 3.05) is 6.54 Å². The number of amides is 1. The zero-order valence-corrected chi connectivity index (χ0v) is 20.9. The second-order valence-electron chi connectivity index (χ2n) is 10.3. The Morgan fingerprint density at radius 1 is 1.06 bits per heavy atom. The predicted molar refractivity (Wildman–Crippen MR) is 132 cm³/mol. The van der Waals surface area contributed by atoms with Crippen LogP contribution in [-0.4, -0.2) is 40.3 Å². The lowest BCUT2D eigenvalue weighted by Crippen LogP contribution is -2.44. The largest absolute Gasteiger partial charge is 0.481 e. The minimum absolute atomic E-state index is 0.0218. The van der Waals surface area contributed by atoms with Crippen molar-refractivity contribution < 1.29 is 19.5 Å². The number of likely N-dealkylation sites (tertiary alicyclic amines) is 1. The maximum atomic E-state index is 13.7. The van der Waals surface area contributed by atoms with Gasteiger partial charge in [0.2, 0.25) is 5.91 Å². The second kappa shape index (κ2) is 12.7. The third-order valence-electron chi connectivity index (χ3n) is 6.58. The smallest absolute Gasteiger partial charge is 0.307 e. The van der Waals surface area contributed by atoms with E-state index in [9.17, 15) is 19.5 Å². The molecule has 0 aliphatic carbocycles. The number of carboxylic acid groups (broad SMARTS) is 1. The van der Waals surface area contributed by atoms with E-state index >= 15 is 0 Å². The summed E-state index contributed by atoms with van der Waals surface area (Å²) in [5, 5.41) is 9.51. The number of nitrogens with zero attached hydrogens (tertiary/aromatic N) is 1. The van der Waals surface area contributed by atoms with Gasteiger partial charge in [-0.25, -0.2) is 0 Å². The first-order chi connectivity index (χ1) is 15.6. The first-order valence-electron chi connectivity index (χ1n) is 12.4. The SMILES string of the molecule is CC(C)C[C@H](C)/C=C/[C@H](Cc1ccccc1)C(=O)N1CCC[C@H]1C(=O)C[C@@H](C(=O)O)C(C)C. The molecule has 4 atom stereocenters. The summed E-state index contributed by atoms with van der Waals surface area (Å²) in [6, 6.07) is 9.45. The molecule has 33 heavy (non-hydrogen) atoms. The van der Waals surface area contributed by atoms with E-state index in [4.69, 9.17) is 0 Å². The van der Waals surface area contributed by atoms with E-state index in [2.05, 4.69) is 26.8 Å². The second-order valence-corrected chi connectivity index (χ2v) is 10.3. The number of allylic oxidation sites excluding steroid dienone is 1. The van der Waals surface area contributed by atoms with E-state index in [0.717, 1.165) is 18.4 Å². The van der Waals surface area contributed by atoms with Gasteiger partial charge < -0.3 is 10.0 Å². The fourth-order valence-corrected chi connectivity index (χ4v) is 4.79. The lowest BCUT2D eigenvalue weighted by molar-refractivity contribution is -0.146. The summed E-state index contributed by atoms with van der Waals surface area (Å²) in [6.07, 6.45) is 7.17. The number of hydrogen-bond donors (Lipinski definition) is 1. The fourth-order valence-electron chi connectivity index (χ4n) is 4.79. The van der Waals surface area contributed by atoms with Gasteiger partial charge in [-0.1, -0.05) is 77.1 Å². The van der Waals surface area contributed by atoms with Gasteiger partial charge in [0.25, 0.3) is 0 Å². The summed E-state index contributed by atoms with van der Waals surface area (Å²) in [4.78, 5) is 40.0. The molecule has 182 valence electrons. The normalized spacial score (nSPS) is 19.2. The molecule has 0 aromatic heterocycles. The van der Waals surface area contributed by atoms with E-state index in [0.29, 0.717) is 31.2 Å². The first-order valence-corrected chi connectivity index (χ1v) is 12.4. The van der Waals surface area contributed by atoms with Crippen LogP contribution < -0.4 is 0 Å². The lowest BCUT2D eigenvalue weighted by atomic mass is 9.88. The molecule has 2 rings (SSSR count). The molecule has 1 aromatic carbocycles. The predicted octanol–water partition coefficient (Wildman–Crippen LogP) is 5.39. The van der Waals surface area contributed by atoms with Crippen molar-refractivity contribution in [1.82, 2.24) is 4.90 Å². The first kappa shape index (κ1) is 26.8. The zero-order valence-electron chi connectivity index (χ0n) is 20.9. The lowest BCUT2D eigenvalue weighted by Gasteiger charge is -2.28. The standard InChI is InChI=1S/C28H41NO4/c1-19(2)16-21(5)13-14-23(17-22-10-7-6-8-11-22)27(31)29-15-9-12-25(29)26(30)18-24(20(3)4)28(32)33/h6-8,10-11,13-14,19-21,23-25H,9,12,15-18H2,1-5H3,(H,32,33)/b14-13+/t21-,23-,24-,25+/m1/s1. The quantitative estimate of drug-likeness (QED) is 0.429. The van der Waals surface area contributed by atoms with Crippen LogP contribution in [0.4, 0.5) is 0 Å². The highest BCUT2D eigenvalue weighted by molar-refractivity contribution is 5.92. The van der Waals surface area contributed by atoms with E-state index in [1.54, 1.807) is 4.90 Å². The van der Waals surface area contributed by atoms with Gasteiger partial charge in [-0.2, -0.15) is 0 Å². The number of carboxylic acids is 1. The number of ketones is 1. The van der Waals surface area contributed by atoms with Crippen molar-refractivity contribution in [2.24, 2.45) is 29.6 Å². The van der Waals surface area contributed by atoms with Gasteiger partial charge in [0.05, 0.1) is 17.9 Å². The highest BCUT2D eigenvalue weighted by Crippen LogP contribution is 2.27. The van der Waals surface area contributed by atoms with Crippen molar-refractivity contribution in [1.29, 1.82) is 0 Å². The highest BCUT2D eigenvalue weighted by atomic mass is 16.4. The molecule has 1 aromatic rings. The van der Waals surface area contributed by atoms with Gasteiger partial charge in [0, 0.05) is 13.0 Å². The Bertz CT molecular complexity index is 814. The number of benzene rings is 1. The third kappa shape index (κ3) is 8.13. The maximum absolute atomic E-state index is 13.7. The minimum atomic E-state index is -0.946. The Morgan fingerprint density at radius 2 is 1.73 bits per heavy atom. The molecule has 0 radical (unpaired) electrons. The summed E-state index contributed by atoms with van der Waals surface area (Å²) >= 11 is 0. The van der Waals surface area contributed by atoms with Crippen LogP contribution in [0.2, 0.25) is 0 Å². The van der Waals surface area contributed by atoms with Gasteiger partial charge >= 0.3 is 5.97 Å². The number of hydrogen-bond acceptors (Lipinski definition) is 3. The van der Waals surface area contributed by atoms with E-state index in [-0.39, 0.29) is 29.9 Å². The highest BCUT2D eigenvalue weighted by Gasteiger charge is 2.38. The fraction of sp³-hybridized carbons (Fsp3) is 0.607. The Balaban J connectivity index is 2.21. The van der Waals surface area contributed by atoms with Crippen molar-refractivity contribution in [2.45, 2.75) is 72.8 Å². The minimum Gasteiger partial charge on any atom is -0.481 e. The summed E-state index contributed by atoms with van der Waals surface area (Å²) < 4.78 is 0. The average Bonchev–Trinajstić information content (AvgIpc) is 3.24. The van der Waals surface area contributed by atoms with Gasteiger partial charge in [-0.15, -0.1) is 0 Å². The van der Waals surface area contributed by atoms with Gasteiger partial charge in [-0.3, -0.25) is 14.4 Å². The molecule has 0 spiro atoms. The maximum Gasteiger partial charge on any atom is 0.307 e. The summed E-state index contributed by atoms with van der Waals surface area (Å²) in [5.74, 6) is -1.34. The van der Waals surface area contributed by atoms with E-state index in [1.807, 2.05) is 50.3 Å². The molecule has 1 N–H and O–H groups in total. The summed E-state index contributed by atoms with van der Waals surface area (Å²) in [5.41, 5.74) is 1.09. The Hall–Kier alpha value is -2.43. The topological polar surface area (TPSA) is 74.7 Å². The molecule has 0 unspecified atom stereocenters. The molecule has 1 amide bonds. The monoisotopic (exact) mass is 455 g/mol. The number of carbonyl (C=O) groups is 3. The molecule has 0 bridgehead atoms. The zero-order chi connectivity index (χ0) is 24.5. The molecule has 5 nitrogen and oxygen atoms in total. The molecule has 0 saturated carbocycles. The molecular formula is C28H41NO4. The molecule has 1 fully saturated rings. The number of Topliss-reactive ketones (excluding diaryl/α,β-unsaturated/α-hetero) is 1. The van der Waals surface area contributed by atoms with Crippen LogP contribution in [0.5, 0.6) is 0 Å². The summed E-state index contributed by atoms with van der Waals surface area (Å²) in [7, 11) is 0. The van der Waals surface area contributed by atoms with Crippen molar-refractivity contribution >= 4 is 17.7 Å². The Labute approximate surface area is 199 Å². The summed E-state index contributed by atoms with van der Waals surface area (Å²) in [6.45, 7) is 10.7. The van der Waals surface area contributed by atoms with Crippen molar-refractivity contribution in [3.8, 4) is 0 Å². The molecular weight excluding hydrogens is 414 g/mol. The molecule has 1 heterocycles. The van der Waals surface area contributed by atoms with Crippen molar-refractivity contribution in [3.63, 3.8) is 0 Å². The van der Waals surface area contributed by atoms with E-state index < -0.39 is 17.9 Å². The Morgan fingerprint density at radius 3 is 2.30 bits per heavy atom. The number of rotatable bonds is 12. The van der Waals surface area contributed by atoms with Crippen molar-refractivity contribution in [3.05, 3.63) is 48.0 Å². The Kier molecular flexibility index (Phi) is 10.3. The van der Waals surface area contributed by atoms with Gasteiger partial charge in [-0.05, 0) is 49.0 Å². The van der Waals surface area contributed by atoms with Crippen LogP contribution in [0.15, 0.2) is 42.5 Å². The van der Waals surface area contributed by atoms with E-state index in [1.165, 1.54) is 0 Å². The average molecular weight is 456 g/mol. The van der Waals surface area contributed by atoms with Crippen LogP contribution in [0.25, 0.3) is 0 Å². The van der Waals surface area contributed by atoms with Crippen LogP contribution >= 0.6 is 0 Å². The van der Waals surface area contributed by atoms with Gasteiger partial charge in [0.1, 0.15) is 0 Å². The molecule has 1 aliphatic heterocycles. The molecule has 1 saturated heterocycles.